The molecule has 1 aliphatic rings. The molecule has 0 radical (unpaired) electrons. The molecule has 35 heavy (non-hydrogen) atoms. The molecule has 0 amide bonds. The van der Waals surface area contributed by atoms with Crippen LogP contribution in [-0.2, 0) is 6.54 Å². The van der Waals surface area contributed by atoms with Crippen molar-refractivity contribution >= 4 is 11.6 Å². The first-order valence-corrected chi connectivity index (χ1v) is 12.0. The van der Waals surface area contributed by atoms with Crippen LogP contribution in [0.1, 0.15) is 22.3 Å². The van der Waals surface area contributed by atoms with Crippen LogP contribution in [0.15, 0.2) is 30.7 Å². The van der Waals surface area contributed by atoms with Crippen molar-refractivity contribution in [3.05, 3.63) is 53.0 Å². The van der Waals surface area contributed by atoms with Crippen LogP contribution in [0, 0.1) is 20.8 Å². The topological polar surface area (TPSA) is 87.9 Å². The van der Waals surface area contributed by atoms with Gasteiger partial charge < -0.3 is 24.5 Å². The lowest BCUT2D eigenvalue weighted by atomic mass is 10.2. The minimum absolute atomic E-state index is 0.225. The lowest BCUT2D eigenvalue weighted by molar-refractivity contribution is 0.108. The van der Waals surface area contributed by atoms with E-state index in [4.69, 9.17) is 19.6 Å². The van der Waals surface area contributed by atoms with Gasteiger partial charge >= 0.3 is 0 Å². The molecule has 2 aromatic heterocycles. The van der Waals surface area contributed by atoms with E-state index in [0.717, 1.165) is 61.9 Å². The summed E-state index contributed by atoms with van der Waals surface area (Å²) in [7, 11) is 3.26. The van der Waals surface area contributed by atoms with Gasteiger partial charge in [0.1, 0.15) is 5.82 Å². The highest BCUT2D eigenvalue weighted by Gasteiger charge is 2.18. The van der Waals surface area contributed by atoms with Crippen LogP contribution in [0.3, 0.4) is 0 Å². The Balaban J connectivity index is 1.51. The lowest BCUT2D eigenvalue weighted by Crippen LogP contribution is -2.46. The highest BCUT2D eigenvalue weighted by molar-refractivity contribution is 5.63. The van der Waals surface area contributed by atoms with Gasteiger partial charge in [0.15, 0.2) is 11.5 Å². The van der Waals surface area contributed by atoms with Crippen LogP contribution in [0.5, 0.6) is 11.5 Å². The zero-order valence-corrected chi connectivity index (χ0v) is 21.3. The quantitative estimate of drug-likeness (QED) is 0.483. The number of hydrogen-bond acceptors (Lipinski definition) is 8. The van der Waals surface area contributed by atoms with Gasteiger partial charge in [0.05, 0.1) is 20.8 Å². The predicted molar refractivity (Wildman–Crippen MR) is 137 cm³/mol. The number of nitrogens with zero attached hydrogens (tertiary/aromatic N) is 5. The monoisotopic (exact) mass is 480 g/mol. The second-order valence-electron chi connectivity index (χ2n) is 9.07. The van der Waals surface area contributed by atoms with Crippen LogP contribution in [0.25, 0.3) is 5.82 Å². The van der Waals surface area contributed by atoms with Gasteiger partial charge in [0.25, 0.3) is 0 Å². The highest BCUT2D eigenvalue weighted by atomic mass is 16.5. The second-order valence-corrected chi connectivity index (χ2v) is 9.07. The average Bonchev–Trinajstić information content (AvgIpc) is 3.21. The Labute approximate surface area is 207 Å². The van der Waals surface area contributed by atoms with Gasteiger partial charge in [-0.3, -0.25) is 9.80 Å². The molecule has 0 bridgehead atoms. The molecular weight excluding hydrogens is 444 g/mol. The zero-order chi connectivity index (χ0) is 24.9. The Morgan fingerprint density at radius 2 is 1.69 bits per heavy atom. The maximum absolute atomic E-state index is 9.16. The van der Waals surface area contributed by atoms with Crippen molar-refractivity contribution < 1.29 is 14.6 Å². The number of nitrogens with one attached hydrogen (secondary N) is 1. The Hall–Kier alpha value is -3.14. The number of rotatable bonds is 9. The summed E-state index contributed by atoms with van der Waals surface area (Å²) >= 11 is 0. The number of aryl methyl sites for hydroxylation is 3. The van der Waals surface area contributed by atoms with Gasteiger partial charge in [-0.2, -0.15) is 4.98 Å². The van der Waals surface area contributed by atoms with Crippen molar-refractivity contribution in [2.75, 3.05) is 58.9 Å². The van der Waals surface area contributed by atoms with Crippen LogP contribution in [0.4, 0.5) is 11.6 Å². The summed E-state index contributed by atoms with van der Waals surface area (Å²) in [5.74, 6) is 2.74. The molecule has 0 unspecified atom stereocenters. The van der Waals surface area contributed by atoms with Gasteiger partial charge in [-0.05, 0) is 43.5 Å². The molecule has 3 aromatic rings. The SMILES string of the molecule is COc1cc(Nc2ncc(C)c(-n3cc(C)c(CN4CCN(CCO)CC4)c3)n2)cc(C)c1OC. The molecule has 4 rings (SSSR count). The largest absolute Gasteiger partial charge is 0.493 e. The Morgan fingerprint density at radius 1 is 0.943 bits per heavy atom. The van der Waals surface area contributed by atoms with Crippen LogP contribution >= 0.6 is 0 Å². The highest BCUT2D eigenvalue weighted by Crippen LogP contribution is 2.34. The van der Waals surface area contributed by atoms with E-state index in [1.54, 1.807) is 14.2 Å². The fraction of sp³-hybridized carbons (Fsp3) is 0.462. The number of benzene rings is 1. The van der Waals surface area contributed by atoms with E-state index >= 15 is 0 Å². The summed E-state index contributed by atoms with van der Waals surface area (Å²) in [4.78, 5) is 14.1. The van der Waals surface area contributed by atoms with Crippen molar-refractivity contribution in [3.8, 4) is 17.3 Å². The second kappa shape index (κ2) is 11.1. The van der Waals surface area contributed by atoms with E-state index in [0.29, 0.717) is 17.4 Å². The number of methoxy groups -OCH3 is 2. The van der Waals surface area contributed by atoms with Crippen LogP contribution in [-0.4, -0.2) is 83.0 Å². The molecular formula is C26H36N6O3. The summed E-state index contributed by atoms with van der Waals surface area (Å²) in [6.07, 6.45) is 6.15. The van der Waals surface area contributed by atoms with E-state index < -0.39 is 0 Å². The normalized spacial score (nSPS) is 14.8. The maximum Gasteiger partial charge on any atom is 0.229 e. The van der Waals surface area contributed by atoms with Crippen molar-refractivity contribution in [2.24, 2.45) is 0 Å². The van der Waals surface area contributed by atoms with Gasteiger partial charge in [-0.15, -0.1) is 0 Å². The first kappa shape index (κ1) is 25.0. The molecule has 1 aliphatic heterocycles. The first-order valence-electron chi connectivity index (χ1n) is 12.0. The molecule has 0 spiro atoms. The van der Waals surface area contributed by atoms with Crippen molar-refractivity contribution in [1.82, 2.24) is 24.3 Å². The van der Waals surface area contributed by atoms with Gasteiger partial charge in [0, 0.05) is 75.2 Å². The minimum atomic E-state index is 0.225. The van der Waals surface area contributed by atoms with E-state index in [-0.39, 0.29) is 6.61 Å². The third kappa shape index (κ3) is 5.75. The molecule has 1 fully saturated rings. The zero-order valence-electron chi connectivity index (χ0n) is 21.3. The van der Waals surface area contributed by atoms with Gasteiger partial charge in [0.2, 0.25) is 5.95 Å². The summed E-state index contributed by atoms with van der Waals surface area (Å²) in [6, 6.07) is 3.87. The number of aliphatic hydroxyl groups excluding tert-OH is 1. The summed E-state index contributed by atoms with van der Waals surface area (Å²) in [5.41, 5.74) is 5.33. The van der Waals surface area contributed by atoms with Gasteiger partial charge in [-0.1, -0.05) is 0 Å². The molecule has 0 saturated carbocycles. The standard InChI is InChI=1S/C26H36N6O3/c1-18-12-22(13-23(34-4)24(18)35-5)28-26-27-14-19(2)25(29-26)32-15-20(3)21(17-32)16-31-8-6-30(7-9-31)10-11-33/h12-15,17,33H,6-11,16H2,1-5H3,(H,27,28,29). The van der Waals surface area contributed by atoms with Crippen molar-refractivity contribution in [3.63, 3.8) is 0 Å². The summed E-state index contributed by atoms with van der Waals surface area (Å²) in [5, 5.41) is 12.5. The van der Waals surface area contributed by atoms with Crippen molar-refractivity contribution in [2.45, 2.75) is 27.3 Å². The molecule has 1 aromatic carbocycles. The van der Waals surface area contributed by atoms with Crippen LogP contribution < -0.4 is 14.8 Å². The minimum Gasteiger partial charge on any atom is -0.493 e. The Morgan fingerprint density at radius 3 is 2.37 bits per heavy atom. The third-order valence-corrected chi connectivity index (χ3v) is 6.52. The van der Waals surface area contributed by atoms with Crippen molar-refractivity contribution in [1.29, 1.82) is 0 Å². The molecule has 9 heteroatoms. The maximum atomic E-state index is 9.16. The summed E-state index contributed by atoms with van der Waals surface area (Å²) in [6.45, 7) is 12.1. The Kier molecular flexibility index (Phi) is 7.90. The molecule has 0 atom stereocenters. The predicted octanol–water partition coefficient (Wildman–Crippen LogP) is 3.06. The number of anilines is 2. The fourth-order valence-corrected chi connectivity index (χ4v) is 4.55. The number of hydrogen-bond donors (Lipinski definition) is 2. The van der Waals surface area contributed by atoms with E-state index in [2.05, 4.69) is 44.0 Å². The summed E-state index contributed by atoms with van der Waals surface area (Å²) < 4.78 is 13.0. The number of ether oxygens (including phenoxy) is 2. The van der Waals surface area contributed by atoms with E-state index in [1.165, 1.54) is 11.1 Å². The van der Waals surface area contributed by atoms with Crippen LogP contribution in [0.2, 0.25) is 0 Å². The number of aromatic nitrogens is 3. The molecule has 1 saturated heterocycles. The molecule has 0 aliphatic carbocycles. The Bertz CT molecular complexity index is 1150. The number of aliphatic hydroxyl groups is 1. The average molecular weight is 481 g/mol. The smallest absolute Gasteiger partial charge is 0.229 e. The molecule has 2 N–H and O–H groups in total. The number of β-amino-alcohol motifs (C(OH)–C–C–N with tert-alkyl or cyclic N) is 1. The lowest BCUT2D eigenvalue weighted by Gasteiger charge is -2.34. The van der Waals surface area contributed by atoms with E-state index in [1.807, 2.05) is 32.2 Å². The molecule has 188 valence electrons. The third-order valence-electron chi connectivity index (χ3n) is 6.52. The fourth-order valence-electron chi connectivity index (χ4n) is 4.55. The molecule has 9 nitrogen and oxygen atoms in total. The number of piperazine rings is 1. The van der Waals surface area contributed by atoms with Gasteiger partial charge in [-0.25, -0.2) is 4.98 Å². The first-order chi connectivity index (χ1) is 16.9. The molecule has 3 heterocycles. The van der Waals surface area contributed by atoms with E-state index in [9.17, 15) is 0 Å².